The summed E-state index contributed by atoms with van der Waals surface area (Å²) >= 11 is 0. The molecule has 0 aromatic heterocycles. The first kappa shape index (κ1) is 11.8. The van der Waals surface area contributed by atoms with E-state index in [4.69, 9.17) is 31.3 Å². The lowest BCUT2D eigenvalue weighted by Crippen LogP contribution is -2.48. The molecule has 0 spiro atoms. The molecule has 0 bridgehead atoms. The average molecular weight is 181 g/mol. The standard InChI is InChI=1S/C6H15NO5/c7-1-3(9)5(11)6(12)4(10)2-8/h3-6,8-12H,1-2,7H2/t3-,4-,5+,6+/m1/s1. The summed E-state index contributed by atoms with van der Waals surface area (Å²) in [7, 11) is 0. The van der Waals surface area contributed by atoms with Crippen LogP contribution < -0.4 is 5.73 Å². The normalized spacial score (nSPS) is 21.5. The fraction of sp³-hybridized carbons (Fsp3) is 1.00. The molecule has 0 aliphatic carbocycles. The van der Waals surface area contributed by atoms with E-state index in [0.717, 1.165) is 0 Å². The van der Waals surface area contributed by atoms with Gasteiger partial charge in [-0.1, -0.05) is 0 Å². The topological polar surface area (TPSA) is 127 Å². The fourth-order valence-corrected chi connectivity index (χ4v) is 0.703. The highest BCUT2D eigenvalue weighted by atomic mass is 16.4. The van der Waals surface area contributed by atoms with E-state index in [0.29, 0.717) is 0 Å². The van der Waals surface area contributed by atoms with Gasteiger partial charge in [0.1, 0.15) is 18.3 Å². The van der Waals surface area contributed by atoms with Gasteiger partial charge in [0.25, 0.3) is 0 Å². The Hall–Kier alpha value is -0.240. The Labute approximate surface area is 69.9 Å². The monoisotopic (exact) mass is 181 g/mol. The van der Waals surface area contributed by atoms with Crippen molar-refractivity contribution in [2.24, 2.45) is 5.73 Å². The first-order chi connectivity index (χ1) is 5.54. The van der Waals surface area contributed by atoms with Crippen LogP contribution in [0.3, 0.4) is 0 Å². The average Bonchev–Trinajstić information content (AvgIpc) is 2.12. The van der Waals surface area contributed by atoms with Crippen molar-refractivity contribution in [1.82, 2.24) is 0 Å². The molecule has 7 N–H and O–H groups in total. The first-order valence-corrected chi connectivity index (χ1v) is 3.57. The molecule has 74 valence electrons. The molecule has 0 fully saturated rings. The molecule has 0 saturated carbocycles. The molecule has 0 radical (unpaired) electrons. The second-order valence-electron chi connectivity index (χ2n) is 2.53. The third-order valence-corrected chi connectivity index (χ3v) is 1.57. The van der Waals surface area contributed by atoms with Crippen molar-refractivity contribution in [3.05, 3.63) is 0 Å². The van der Waals surface area contributed by atoms with Crippen molar-refractivity contribution in [3.63, 3.8) is 0 Å². The maximum absolute atomic E-state index is 9.04. The second kappa shape index (κ2) is 5.41. The van der Waals surface area contributed by atoms with E-state index >= 15 is 0 Å². The van der Waals surface area contributed by atoms with Crippen molar-refractivity contribution in [2.45, 2.75) is 24.4 Å². The van der Waals surface area contributed by atoms with Crippen LogP contribution in [0.15, 0.2) is 0 Å². The first-order valence-electron chi connectivity index (χ1n) is 3.57. The van der Waals surface area contributed by atoms with Gasteiger partial charge in [0.15, 0.2) is 0 Å². The van der Waals surface area contributed by atoms with Crippen molar-refractivity contribution >= 4 is 0 Å². The highest BCUT2D eigenvalue weighted by Gasteiger charge is 2.28. The molecule has 4 atom stereocenters. The van der Waals surface area contributed by atoms with E-state index < -0.39 is 31.0 Å². The Morgan fingerprint density at radius 3 is 1.67 bits per heavy atom. The van der Waals surface area contributed by atoms with E-state index in [1.165, 1.54) is 0 Å². The molecule has 0 rings (SSSR count). The van der Waals surface area contributed by atoms with Crippen molar-refractivity contribution in [3.8, 4) is 0 Å². The van der Waals surface area contributed by atoms with Gasteiger partial charge in [0, 0.05) is 6.54 Å². The van der Waals surface area contributed by atoms with Crippen LogP contribution in [0.25, 0.3) is 0 Å². The van der Waals surface area contributed by atoms with Crippen molar-refractivity contribution in [1.29, 1.82) is 0 Å². The van der Waals surface area contributed by atoms with E-state index in [1.54, 1.807) is 0 Å². The Bertz CT molecular complexity index is 109. The number of rotatable bonds is 5. The van der Waals surface area contributed by atoms with Crippen LogP contribution in [0.4, 0.5) is 0 Å². The summed E-state index contributed by atoms with van der Waals surface area (Å²) in [6.07, 6.45) is -5.91. The van der Waals surface area contributed by atoms with Gasteiger partial charge in [0.05, 0.1) is 12.7 Å². The third-order valence-electron chi connectivity index (χ3n) is 1.57. The number of aliphatic hydroxyl groups is 5. The van der Waals surface area contributed by atoms with Gasteiger partial charge in [-0.25, -0.2) is 0 Å². The smallest absolute Gasteiger partial charge is 0.111 e. The van der Waals surface area contributed by atoms with E-state index in [2.05, 4.69) is 0 Å². The summed E-state index contributed by atoms with van der Waals surface area (Å²) in [6, 6.07) is 0. The minimum absolute atomic E-state index is 0.226. The van der Waals surface area contributed by atoms with Gasteiger partial charge in [0.2, 0.25) is 0 Å². The van der Waals surface area contributed by atoms with Crippen LogP contribution in [0.2, 0.25) is 0 Å². The number of aliphatic hydroxyl groups excluding tert-OH is 5. The van der Waals surface area contributed by atoms with Crippen LogP contribution in [-0.4, -0.2) is 63.1 Å². The van der Waals surface area contributed by atoms with Crippen LogP contribution in [0.1, 0.15) is 0 Å². The minimum atomic E-state index is -1.59. The van der Waals surface area contributed by atoms with Crippen molar-refractivity contribution < 1.29 is 25.5 Å². The van der Waals surface area contributed by atoms with Crippen LogP contribution >= 0.6 is 0 Å². The zero-order chi connectivity index (χ0) is 9.72. The highest BCUT2D eigenvalue weighted by molar-refractivity contribution is 4.80. The zero-order valence-corrected chi connectivity index (χ0v) is 6.54. The molecule has 0 saturated heterocycles. The largest absolute Gasteiger partial charge is 0.394 e. The van der Waals surface area contributed by atoms with Gasteiger partial charge in [-0.3, -0.25) is 0 Å². The Morgan fingerprint density at radius 1 is 0.917 bits per heavy atom. The molecular formula is C6H15NO5. The van der Waals surface area contributed by atoms with Gasteiger partial charge < -0.3 is 31.3 Å². The van der Waals surface area contributed by atoms with E-state index in [1.807, 2.05) is 0 Å². The molecule has 0 amide bonds. The summed E-state index contributed by atoms with van der Waals surface area (Å²) in [5.74, 6) is 0. The SMILES string of the molecule is NC[C@@H](O)[C@H](O)[C@@H](O)[C@H](O)CO. The molecule has 6 nitrogen and oxygen atoms in total. The summed E-state index contributed by atoms with van der Waals surface area (Å²) < 4.78 is 0. The molecule has 0 aliphatic rings. The lowest BCUT2D eigenvalue weighted by Gasteiger charge is -2.24. The minimum Gasteiger partial charge on any atom is -0.394 e. The summed E-state index contributed by atoms with van der Waals surface area (Å²) in [5, 5.41) is 44.2. The molecule has 0 heterocycles. The molecule has 12 heavy (non-hydrogen) atoms. The lowest BCUT2D eigenvalue weighted by atomic mass is 10.0. The zero-order valence-electron chi connectivity index (χ0n) is 6.54. The van der Waals surface area contributed by atoms with Crippen LogP contribution in [-0.2, 0) is 0 Å². The Morgan fingerprint density at radius 2 is 1.33 bits per heavy atom. The third kappa shape index (κ3) is 3.02. The van der Waals surface area contributed by atoms with Crippen LogP contribution in [0.5, 0.6) is 0 Å². The molecule has 0 unspecified atom stereocenters. The van der Waals surface area contributed by atoms with Gasteiger partial charge >= 0.3 is 0 Å². The quantitative estimate of drug-likeness (QED) is 0.260. The molecular weight excluding hydrogens is 166 g/mol. The maximum Gasteiger partial charge on any atom is 0.111 e. The Kier molecular flexibility index (Phi) is 5.31. The Balaban J connectivity index is 3.99. The van der Waals surface area contributed by atoms with Gasteiger partial charge in [-0.2, -0.15) is 0 Å². The molecule has 6 heteroatoms. The predicted octanol–water partition coefficient (Wildman–Crippen LogP) is -3.62. The second-order valence-corrected chi connectivity index (χ2v) is 2.53. The fourth-order valence-electron chi connectivity index (χ4n) is 0.703. The molecule has 0 aromatic carbocycles. The summed E-state index contributed by atoms with van der Waals surface area (Å²) in [5.41, 5.74) is 4.99. The lowest BCUT2D eigenvalue weighted by molar-refractivity contribution is -0.112. The highest BCUT2D eigenvalue weighted by Crippen LogP contribution is 2.03. The van der Waals surface area contributed by atoms with Crippen molar-refractivity contribution in [2.75, 3.05) is 13.2 Å². The summed E-state index contributed by atoms with van der Waals surface area (Å²) in [6.45, 7) is -0.911. The van der Waals surface area contributed by atoms with E-state index in [-0.39, 0.29) is 6.54 Å². The van der Waals surface area contributed by atoms with Crippen LogP contribution in [0, 0.1) is 0 Å². The number of hydrogen-bond donors (Lipinski definition) is 6. The summed E-state index contributed by atoms with van der Waals surface area (Å²) in [4.78, 5) is 0. The number of hydrogen-bond acceptors (Lipinski definition) is 6. The van der Waals surface area contributed by atoms with Gasteiger partial charge in [-0.05, 0) is 0 Å². The predicted molar refractivity (Wildman–Crippen MR) is 40.2 cm³/mol. The maximum atomic E-state index is 9.04. The van der Waals surface area contributed by atoms with E-state index in [9.17, 15) is 0 Å². The molecule has 0 aliphatic heterocycles. The molecule has 0 aromatic rings. The number of nitrogens with two attached hydrogens (primary N) is 1. The van der Waals surface area contributed by atoms with Gasteiger partial charge in [-0.15, -0.1) is 0 Å².